The van der Waals surface area contributed by atoms with Gasteiger partial charge in [-0.3, -0.25) is 4.79 Å². The van der Waals surface area contributed by atoms with E-state index in [1.807, 2.05) is 56.3 Å². The van der Waals surface area contributed by atoms with Crippen LogP contribution in [0.1, 0.15) is 20.9 Å². The van der Waals surface area contributed by atoms with Gasteiger partial charge in [0.25, 0.3) is 0 Å². The molecule has 0 amide bonds. The largest absolute Gasteiger partial charge is 0.454 e. The second kappa shape index (κ2) is 7.70. The fourth-order valence-corrected chi connectivity index (χ4v) is 5.02. The number of hydrogen-bond donors (Lipinski definition) is 0. The first kappa shape index (κ1) is 19.0. The number of ether oxygens (including phenoxy) is 2. The molecule has 0 bridgehead atoms. The molecule has 8 heteroatoms. The summed E-state index contributed by atoms with van der Waals surface area (Å²) in [7, 11) is 0. The lowest BCUT2D eigenvalue weighted by molar-refractivity contribution is 0.102. The van der Waals surface area contributed by atoms with Gasteiger partial charge in [-0.05, 0) is 32.0 Å². The number of thiazole rings is 1. The Morgan fingerprint density at radius 1 is 1.07 bits per heavy atom. The summed E-state index contributed by atoms with van der Waals surface area (Å²) in [4.78, 5) is 17.2. The monoisotopic (exact) mass is 435 g/mol. The number of aryl methyl sites for hydroxylation is 2. The van der Waals surface area contributed by atoms with Crippen LogP contribution in [-0.2, 0) is 0 Å². The minimum absolute atomic E-state index is 0.0572. The molecule has 0 spiro atoms. The summed E-state index contributed by atoms with van der Waals surface area (Å²) in [5.74, 6) is 1.77. The minimum Gasteiger partial charge on any atom is -0.454 e. The zero-order chi connectivity index (χ0) is 20.7. The van der Waals surface area contributed by atoms with E-state index in [0.717, 1.165) is 37.8 Å². The molecule has 0 saturated heterocycles. The Bertz CT molecular complexity index is 1270. The van der Waals surface area contributed by atoms with Gasteiger partial charge in [-0.25, -0.2) is 4.98 Å². The number of carbonyl (C=O) groups excluding carboxylic acids is 1. The first-order valence-corrected chi connectivity index (χ1v) is 11.2. The van der Waals surface area contributed by atoms with E-state index in [4.69, 9.17) is 9.47 Å². The van der Waals surface area contributed by atoms with Crippen molar-refractivity contribution in [3.63, 3.8) is 0 Å². The van der Waals surface area contributed by atoms with Crippen molar-refractivity contribution in [3.05, 3.63) is 58.6 Å². The Kier molecular flexibility index (Phi) is 4.88. The molecular weight excluding hydrogens is 418 g/mol. The molecule has 0 unspecified atom stereocenters. The zero-order valence-electron chi connectivity index (χ0n) is 16.3. The van der Waals surface area contributed by atoms with Crippen LogP contribution >= 0.6 is 23.1 Å². The molecule has 3 heterocycles. The molecule has 0 N–H and O–H groups in total. The number of ketones is 1. The highest BCUT2D eigenvalue weighted by Gasteiger charge is 2.20. The van der Waals surface area contributed by atoms with Crippen LogP contribution in [0, 0.1) is 13.8 Å². The van der Waals surface area contributed by atoms with Crippen LogP contribution < -0.4 is 9.47 Å². The Balaban J connectivity index is 1.45. The Morgan fingerprint density at radius 2 is 1.87 bits per heavy atom. The highest BCUT2D eigenvalue weighted by atomic mass is 32.2. The predicted octanol–water partition coefficient (Wildman–Crippen LogP) is 5.07. The van der Waals surface area contributed by atoms with E-state index in [0.29, 0.717) is 16.3 Å². The summed E-state index contributed by atoms with van der Waals surface area (Å²) in [6, 6.07) is 13.3. The summed E-state index contributed by atoms with van der Waals surface area (Å²) >= 11 is 2.94. The molecule has 1 aliphatic heterocycles. The molecule has 6 nitrogen and oxygen atoms in total. The van der Waals surface area contributed by atoms with Crippen LogP contribution in [0.25, 0.3) is 21.5 Å². The quantitative estimate of drug-likeness (QED) is 0.320. The maximum Gasteiger partial charge on any atom is 0.231 e. The van der Waals surface area contributed by atoms with Gasteiger partial charge in [0.15, 0.2) is 17.3 Å². The number of aromatic nitrogens is 3. The number of nitrogens with zero attached hydrogens (tertiary/aromatic N) is 3. The van der Waals surface area contributed by atoms with Crippen molar-refractivity contribution in [1.82, 2.24) is 15.2 Å². The standard InChI is InChI=1S/C22H17N3O3S2/c1-12-3-5-14(6-4-12)16(26)10-29-22-20-21(30-13(2)23-20)19(24-25-22)15-7-8-17-18(9-15)28-11-27-17/h3-9H,10-11H2,1-2H3. The van der Waals surface area contributed by atoms with E-state index in [1.165, 1.54) is 11.8 Å². The van der Waals surface area contributed by atoms with Gasteiger partial charge in [0.05, 0.1) is 15.5 Å². The molecular formula is C22H17N3O3S2. The average Bonchev–Trinajstić information content (AvgIpc) is 3.37. The molecule has 30 heavy (non-hydrogen) atoms. The molecule has 5 rings (SSSR count). The smallest absolute Gasteiger partial charge is 0.231 e. The maximum atomic E-state index is 12.6. The van der Waals surface area contributed by atoms with Gasteiger partial charge >= 0.3 is 0 Å². The van der Waals surface area contributed by atoms with Crippen LogP contribution in [0.15, 0.2) is 47.5 Å². The van der Waals surface area contributed by atoms with Gasteiger partial charge < -0.3 is 9.47 Å². The number of Topliss-reactive ketones (excluding diaryl/α,β-unsaturated/α-hetero) is 1. The van der Waals surface area contributed by atoms with Crippen LogP contribution in [0.3, 0.4) is 0 Å². The first-order chi connectivity index (χ1) is 14.6. The van der Waals surface area contributed by atoms with E-state index in [2.05, 4.69) is 15.2 Å². The second-order valence-corrected chi connectivity index (χ2v) is 9.08. The summed E-state index contributed by atoms with van der Waals surface area (Å²) in [6.07, 6.45) is 0. The minimum atomic E-state index is 0.0572. The first-order valence-electron chi connectivity index (χ1n) is 9.35. The second-order valence-electron chi connectivity index (χ2n) is 6.91. The third-order valence-corrected chi connectivity index (χ3v) is 6.68. The highest BCUT2D eigenvalue weighted by molar-refractivity contribution is 8.00. The number of benzene rings is 2. The van der Waals surface area contributed by atoms with Crippen molar-refractivity contribution < 1.29 is 14.3 Å². The van der Waals surface area contributed by atoms with Crippen LogP contribution in [0.5, 0.6) is 11.5 Å². The third-order valence-electron chi connectivity index (χ3n) is 4.75. The SMILES string of the molecule is Cc1ccc(C(=O)CSc2nnc(-c3ccc4c(c3)OCO4)c3sc(C)nc23)cc1. The van der Waals surface area contributed by atoms with E-state index in [9.17, 15) is 4.79 Å². The summed E-state index contributed by atoms with van der Waals surface area (Å²) in [5, 5.41) is 10.5. The van der Waals surface area contributed by atoms with Crippen LogP contribution in [0.4, 0.5) is 0 Å². The molecule has 0 aliphatic carbocycles. The fourth-order valence-electron chi connectivity index (χ4n) is 3.21. The average molecular weight is 436 g/mol. The molecule has 2 aromatic heterocycles. The number of hydrogen-bond acceptors (Lipinski definition) is 8. The molecule has 0 saturated carbocycles. The number of carbonyl (C=O) groups is 1. The maximum absolute atomic E-state index is 12.6. The Labute approximate surface area is 181 Å². The molecule has 0 radical (unpaired) electrons. The van der Waals surface area contributed by atoms with Gasteiger partial charge in [0.1, 0.15) is 16.2 Å². The summed E-state index contributed by atoms with van der Waals surface area (Å²) in [6.45, 7) is 4.19. The number of rotatable bonds is 5. The fraction of sp³-hybridized carbons (Fsp3) is 0.182. The molecule has 0 fully saturated rings. The summed E-state index contributed by atoms with van der Waals surface area (Å²) < 4.78 is 11.8. The lowest BCUT2D eigenvalue weighted by Gasteiger charge is -2.06. The van der Waals surface area contributed by atoms with E-state index in [-0.39, 0.29) is 18.3 Å². The van der Waals surface area contributed by atoms with Crippen molar-refractivity contribution in [1.29, 1.82) is 0 Å². The van der Waals surface area contributed by atoms with Crippen LogP contribution in [-0.4, -0.2) is 33.5 Å². The molecule has 1 aliphatic rings. The lowest BCUT2D eigenvalue weighted by Crippen LogP contribution is -2.03. The van der Waals surface area contributed by atoms with E-state index >= 15 is 0 Å². The Morgan fingerprint density at radius 3 is 2.70 bits per heavy atom. The topological polar surface area (TPSA) is 74.2 Å². The van der Waals surface area contributed by atoms with Gasteiger partial charge in [0.2, 0.25) is 6.79 Å². The van der Waals surface area contributed by atoms with Gasteiger partial charge in [0, 0.05) is 11.1 Å². The van der Waals surface area contributed by atoms with Crippen molar-refractivity contribution in [2.24, 2.45) is 0 Å². The van der Waals surface area contributed by atoms with Gasteiger partial charge in [-0.15, -0.1) is 21.5 Å². The summed E-state index contributed by atoms with van der Waals surface area (Å²) in [5.41, 5.74) is 4.25. The molecule has 2 aromatic carbocycles. The Hall–Kier alpha value is -2.97. The van der Waals surface area contributed by atoms with E-state index in [1.54, 1.807) is 11.3 Å². The highest BCUT2D eigenvalue weighted by Crippen LogP contribution is 2.39. The number of thioether (sulfide) groups is 1. The number of fused-ring (bicyclic) bond motifs is 2. The van der Waals surface area contributed by atoms with Crippen molar-refractivity contribution in [2.75, 3.05) is 12.5 Å². The van der Waals surface area contributed by atoms with Crippen LogP contribution in [0.2, 0.25) is 0 Å². The van der Waals surface area contributed by atoms with Crippen molar-refractivity contribution in [2.45, 2.75) is 18.9 Å². The third kappa shape index (κ3) is 3.53. The van der Waals surface area contributed by atoms with Gasteiger partial charge in [-0.2, -0.15) is 0 Å². The van der Waals surface area contributed by atoms with Crippen molar-refractivity contribution >= 4 is 39.1 Å². The van der Waals surface area contributed by atoms with Gasteiger partial charge in [-0.1, -0.05) is 41.6 Å². The van der Waals surface area contributed by atoms with E-state index < -0.39 is 0 Å². The zero-order valence-corrected chi connectivity index (χ0v) is 18.0. The van der Waals surface area contributed by atoms with Crippen molar-refractivity contribution in [3.8, 4) is 22.8 Å². The predicted molar refractivity (Wildman–Crippen MR) is 118 cm³/mol. The molecule has 0 atom stereocenters. The molecule has 150 valence electrons. The lowest BCUT2D eigenvalue weighted by atomic mass is 10.1. The molecule has 4 aromatic rings. The normalized spacial score (nSPS) is 12.5.